The standard InChI is InChI=1S/C30H36ClN5O4/c1-5-21(2)19-36(30(38)22-6-8-23(31)9-7-22)20-29(37)35-16-14-34(15-17-35)28-13-12-26(32-33-28)25-11-10-24(39-3)18-27(25)40-4/h6-13,18,21H,5,14-17,19-20H2,1-4H3/t21-/m1/s1. The number of hydrogen-bond donors (Lipinski definition) is 0. The Morgan fingerprint density at radius 3 is 2.30 bits per heavy atom. The lowest BCUT2D eigenvalue weighted by molar-refractivity contribution is -0.132. The molecule has 0 saturated carbocycles. The molecule has 9 nitrogen and oxygen atoms in total. The maximum absolute atomic E-state index is 13.3. The molecule has 0 radical (unpaired) electrons. The van der Waals surface area contributed by atoms with E-state index in [-0.39, 0.29) is 24.3 Å². The Bertz CT molecular complexity index is 1290. The minimum atomic E-state index is -0.159. The third-order valence-electron chi connectivity index (χ3n) is 7.22. The van der Waals surface area contributed by atoms with Crippen LogP contribution in [0.25, 0.3) is 11.3 Å². The molecular weight excluding hydrogens is 530 g/mol. The zero-order chi connectivity index (χ0) is 28.6. The molecule has 1 saturated heterocycles. The van der Waals surface area contributed by atoms with Crippen molar-refractivity contribution in [2.45, 2.75) is 20.3 Å². The molecule has 2 aromatic carbocycles. The number of piperazine rings is 1. The molecule has 2 heterocycles. The molecule has 1 aromatic heterocycles. The summed E-state index contributed by atoms with van der Waals surface area (Å²) in [5.41, 5.74) is 2.05. The second-order valence-electron chi connectivity index (χ2n) is 9.92. The van der Waals surface area contributed by atoms with E-state index in [1.54, 1.807) is 43.4 Å². The van der Waals surface area contributed by atoms with Gasteiger partial charge >= 0.3 is 0 Å². The predicted molar refractivity (Wildman–Crippen MR) is 156 cm³/mol. The van der Waals surface area contributed by atoms with Crippen LogP contribution in [0.4, 0.5) is 5.82 Å². The zero-order valence-electron chi connectivity index (χ0n) is 23.5. The fourth-order valence-electron chi connectivity index (χ4n) is 4.60. The van der Waals surface area contributed by atoms with Crippen molar-refractivity contribution in [2.24, 2.45) is 5.92 Å². The van der Waals surface area contributed by atoms with Crippen molar-refractivity contribution in [3.63, 3.8) is 0 Å². The van der Waals surface area contributed by atoms with Crippen LogP contribution in [0, 0.1) is 5.92 Å². The Morgan fingerprint density at radius 1 is 0.975 bits per heavy atom. The van der Waals surface area contributed by atoms with Crippen molar-refractivity contribution >= 4 is 29.2 Å². The molecular formula is C30H36ClN5O4. The molecule has 1 aliphatic rings. The van der Waals surface area contributed by atoms with E-state index >= 15 is 0 Å². The lowest BCUT2D eigenvalue weighted by atomic mass is 10.1. The first kappa shape index (κ1) is 29.1. The molecule has 1 aliphatic heterocycles. The van der Waals surface area contributed by atoms with Gasteiger partial charge in [0.25, 0.3) is 5.91 Å². The largest absolute Gasteiger partial charge is 0.497 e. The van der Waals surface area contributed by atoms with Gasteiger partial charge in [-0.05, 0) is 54.4 Å². The monoisotopic (exact) mass is 565 g/mol. The van der Waals surface area contributed by atoms with Crippen molar-refractivity contribution in [3.05, 3.63) is 65.2 Å². The molecule has 212 valence electrons. The fraction of sp³-hybridized carbons (Fsp3) is 0.400. The van der Waals surface area contributed by atoms with Crippen molar-refractivity contribution in [1.29, 1.82) is 0 Å². The number of halogens is 1. The zero-order valence-corrected chi connectivity index (χ0v) is 24.2. The van der Waals surface area contributed by atoms with E-state index in [4.69, 9.17) is 21.1 Å². The number of amides is 2. The highest BCUT2D eigenvalue weighted by Gasteiger charge is 2.27. The van der Waals surface area contributed by atoms with Crippen molar-refractivity contribution in [2.75, 3.05) is 58.4 Å². The summed E-state index contributed by atoms with van der Waals surface area (Å²) >= 11 is 6.00. The van der Waals surface area contributed by atoms with Gasteiger partial charge in [-0.15, -0.1) is 10.2 Å². The second kappa shape index (κ2) is 13.5. The average Bonchev–Trinajstić information content (AvgIpc) is 3.00. The predicted octanol–water partition coefficient (Wildman–Crippen LogP) is 4.65. The van der Waals surface area contributed by atoms with Crippen molar-refractivity contribution in [1.82, 2.24) is 20.0 Å². The molecule has 0 unspecified atom stereocenters. The van der Waals surface area contributed by atoms with E-state index in [0.717, 1.165) is 17.8 Å². The van der Waals surface area contributed by atoms with Crippen LogP contribution in [0.3, 0.4) is 0 Å². The molecule has 0 bridgehead atoms. The summed E-state index contributed by atoms with van der Waals surface area (Å²) in [4.78, 5) is 32.1. The number of nitrogens with zero attached hydrogens (tertiary/aromatic N) is 5. The summed E-state index contributed by atoms with van der Waals surface area (Å²) in [7, 11) is 3.22. The van der Waals surface area contributed by atoms with Crippen LogP contribution in [-0.4, -0.2) is 85.3 Å². The van der Waals surface area contributed by atoms with Gasteiger partial charge in [-0.2, -0.15) is 0 Å². The number of methoxy groups -OCH3 is 2. The lowest BCUT2D eigenvalue weighted by Gasteiger charge is -2.36. The fourth-order valence-corrected chi connectivity index (χ4v) is 4.72. The van der Waals surface area contributed by atoms with Gasteiger partial charge in [0, 0.05) is 54.9 Å². The minimum absolute atomic E-state index is 0.0456. The van der Waals surface area contributed by atoms with Crippen LogP contribution in [0.2, 0.25) is 5.02 Å². The third kappa shape index (κ3) is 7.01. The van der Waals surface area contributed by atoms with E-state index in [1.165, 1.54) is 0 Å². The summed E-state index contributed by atoms with van der Waals surface area (Å²) < 4.78 is 10.8. The van der Waals surface area contributed by atoms with Gasteiger partial charge in [-0.1, -0.05) is 31.9 Å². The third-order valence-corrected chi connectivity index (χ3v) is 7.48. The highest BCUT2D eigenvalue weighted by Crippen LogP contribution is 2.32. The number of anilines is 1. The topological polar surface area (TPSA) is 88.1 Å². The summed E-state index contributed by atoms with van der Waals surface area (Å²) in [6.07, 6.45) is 0.919. The molecule has 1 atom stereocenters. The first-order valence-corrected chi connectivity index (χ1v) is 13.8. The number of carbonyl (C=O) groups is 2. The molecule has 0 N–H and O–H groups in total. The van der Waals surface area contributed by atoms with E-state index in [0.29, 0.717) is 60.5 Å². The smallest absolute Gasteiger partial charge is 0.254 e. The Kier molecular flexibility index (Phi) is 9.82. The molecule has 1 fully saturated rings. The number of ether oxygens (including phenoxy) is 2. The molecule has 4 rings (SSSR count). The number of benzene rings is 2. The van der Waals surface area contributed by atoms with Gasteiger partial charge in [-0.25, -0.2) is 0 Å². The van der Waals surface area contributed by atoms with Crippen molar-refractivity contribution < 1.29 is 19.1 Å². The SMILES string of the molecule is CC[C@@H](C)CN(CC(=O)N1CCN(c2ccc(-c3ccc(OC)cc3OC)nn2)CC1)C(=O)c1ccc(Cl)cc1. The Labute approximate surface area is 240 Å². The second-order valence-corrected chi connectivity index (χ2v) is 10.4. The van der Waals surface area contributed by atoms with Crippen molar-refractivity contribution in [3.8, 4) is 22.8 Å². The van der Waals surface area contributed by atoms with Gasteiger partial charge in [0.15, 0.2) is 5.82 Å². The highest BCUT2D eigenvalue weighted by molar-refractivity contribution is 6.30. The van der Waals surface area contributed by atoms with Crippen LogP contribution in [0.15, 0.2) is 54.6 Å². The van der Waals surface area contributed by atoms with Gasteiger partial charge < -0.3 is 24.2 Å². The molecule has 0 spiro atoms. The summed E-state index contributed by atoms with van der Waals surface area (Å²) in [5.74, 6) is 2.17. The summed E-state index contributed by atoms with van der Waals surface area (Å²) in [6, 6.07) is 16.2. The maximum Gasteiger partial charge on any atom is 0.254 e. The first-order chi connectivity index (χ1) is 19.3. The number of carbonyl (C=O) groups excluding carboxylic acids is 2. The summed E-state index contributed by atoms with van der Waals surface area (Å²) in [5, 5.41) is 9.44. The molecule has 2 amide bonds. The number of rotatable bonds is 10. The van der Waals surface area contributed by atoms with E-state index in [1.807, 2.05) is 35.2 Å². The van der Waals surface area contributed by atoms with Crippen LogP contribution in [-0.2, 0) is 4.79 Å². The average molecular weight is 566 g/mol. The Morgan fingerprint density at radius 2 is 1.70 bits per heavy atom. The van der Waals surface area contributed by atoms with Gasteiger partial charge in [0.05, 0.1) is 19.9 Å². The Hall–Kier alpha value is -3.85. The van der Waals surface area contributed by atoms with Crippen LogP contribution in [0.1, 0.15) is 30.6 Å². The van der Waals surface area contributed by atoms with Crippen LogP contribution in [0.5, 0.6) is 11.5 Å². The van der Waals surface area contributed by atoms with Gasteiger partial charge in [0.1, 0.15) is 18.0 Å². The summed E-state index contributed by atoms with van der Waals surface area (Å²) in [6.45, 7) is 7.07. The van der Waals surface area contributed by atoms with Crippen LogP contribution < -0.4 is 14.4 Å². The van der Waals surface area contributed by atoms with Gasteiger partial charge in [0.2, 0.25) is 5.91 Å². The minimum Gasteiger partial charge on any atom is -0.497 e. The quantitative estimate of drug-likeness (QED) is 0.353. The molecule has 10 heteroatoms. The first-order valence-electron chi connectivity index (χ1n) is 13.5. The number of aromatic nitrogens is 2. The maximum atomic E-state index is 13.3. The highest BCUT2D eigenvalue weighted by atomic mass is 35.5. The number of hydrogen-bond acceptors (Lipinski definition) is 7. The Balaban J connectivity index is 1.37. The van der Waals surface area contributed by atoms with Crippen LogP contribution >= 0.6 is 11.6 Å². The van der Waals surface area contributed by atoms with E-state index in [2.05, 4.69) is 28.9 Å². The van der Waals surface area contributed by atoms with Gasteiger partial charge in [-0.3, -0.25) is 9.59 Å². The molecule has 40 heavy (non-hydrogen) atoms. The lowest BCUT2D eigenvalue weighted by Crippen LogP contribution is -2.52. The molecule has 0 aliphatic carbocycles. The van der Waals surface area contributed by atoms with E-state index in [9.17, 15) is 9.59 Å². The molecule has 3 aromatic rings. The normalized spacial score (nSPS) is 14.0. The van der Waals surface area contributed by atoms with E-state index < -0.39 is 0 Å².